The molecule has 1 amide bonds. The van der Waals surface area contributed by atoms with Crippen molar-refractivity contribution in [3.8, 4) is 5.75 Å². The van der Waals surface area contributed by atoms with Crippen molar-refractivity contribution in [2.24, 2.45) is 0 Å². The van der Waals surface area contributed by atoms with Gasteiger partial charge in [0.25, 0.3) is 5.91 Å². The largest absolute Gasteiger partial charge is 0.486 e. The highest BCUT2D eigenvalue weighted by Gasteiger charge is 2.26. The van der Waals surface area contributed by atoms with Gasteiger partial charge in [0.15, 0.2) is 5.76 Å². The molecule has 0 saturated heterocycles. The zero-order valence-corrected chi connectivity index (χ0v) is 15.9. The number of benzene rings is 2. The second kappa shape index (κ2) is 7.92. The summed E-state index contributed by atoms with van der Waals surface area (Å²) in [5, 5.41) is 0.468. The molecule has 0 bridgehead atoms. The molecule has 2 aromatic carbocycles. The van der Waals surface area contributed by atoms with E-state index in [0.29, 0.717) is 29.9 Å². The number of furan rings is 1. The molecule has 0 unspecified atom stereocenters. The summed E-state index contributed by atoms with van der Waals surface area (Å²) in [5.41, 5.74) is 0.954. The monoisotopic (exact) mass is 379 g/mol. The lowest BCUT2D eigenvalue weighted by Gasteiger charge is -2.21. The summed E-state index contributed by atoms with van der Waals surface area (Å²) in [6.45, 7) is 3.17. The van der Waals surface area contributed by atoms with Crippen molar-refractivity contribution >= 4 is 23.4 Å². The van der Waals surface area contributed by atoms with E-state index in [1.54, 1.807) is 12.1 Å². The number of para-hydroxylation sites is 2. The molecule has 138 valence electrons. The first-order valence-corrected chi connectivity index (χ1v) is 9.93. The molecule has 1 aliphatic heterocycles. The molecule has 0 radical (unpaired) electrons. The number of carbonyl (C=O) groups excluding carboxylic acids is 1. The van der Waals surface area contributed by atoms with Crippen LogP contribution in [0.5, 0.6) is 5.75 Å². The molecular formula is C22H21NO3S. The van der Waals surface area contributed by atoms with Crippen LogP contribution in [0.1, 0.15) is 29.7 Å². The molecule has 5 heteroatoms. The first-order valence-electron chi connectivity index (χ1n) is 9.05. The van der Waals surface area contributed by atoms with Crippen LogP contribution >= 0.6 is 11.8 Å². The molecule has 0 saturated carbocycles. The van der Waals surface area contributed by atoms with Crippen molar-refractivity contribution in [3.63, 3.8) is 0 Å². The van der Waals surface area contributed by atoms with Gasteiger partial charge in [-0.1, -0.05) is 37.3 Å². The van der Waals surface area contributed by atoms with Gasteiger partial charge in [-0.25, -0.2) is 0 Å². The van der Waals surface area contributed by atoms with Gasteiger partial charge in [0.05, 0.1) is 5.69 Å². The Morgan fingerprint density at radius 3 is 2.74 bits per heavy atom. The summed E-state index contributed by atoms with van der Waals surface area (Å²) in [7, 11) is 0. The molecule has 2 heterocycles. The molecular weight excluding hydrogens is 358 g/mol. The molecule has 0 N–H and O–H groups in total. The fraction of sp³-hybridized carbons (Fsp3) is 0.227. The Morgan fingerprint density at radius 1 is 1.11 bits per heavy atom. The van der Waals surface area contributed by atoms with Gasteiger partial charge >= 0.3 is 0 Å². The van der Waals surface area contributed by atoms with Gasteiger partial charge in [-0.15, -0.1) is 11.8 Å². The molecule has 27 heavy (non-hydrogen) atoms. The van der Waals surface area contributed by atoms with Crippen molar-refractivity contribution in [2.75, 3.05) is 11.4 Å². The van der Waals surface area contributed by atoms with Crippen LogP contribution in [0.4, 0.5) is 5.69 Å². The Morgan fingerprint density at radius 2 is 1.89 bits per heavy atom. The first kappa shape index (κ1) is 17.7. The molecule has 1 aliphatic rings. The SMILES string of the molecule is C[C@@H]1CCN(C(=O)c2ccc(COc3ccccc3)o2)c2ccccc2S1. The van der Waals surface area contributed by atoms with Gasteiger partial charge in [-0.05, 0) is 42.8 Å². The van der Waals surface area contributed by atoms with E-state index in [2.05, 4.69) is 13.0 Å². The van der Waals surface area contributed by atoms with Crippen molar-refractivity contribution in [2.45, 2.75) is 30.1 Å². The molecule has 0 fully saturated rings. The Kier molecular flexibility index (Phi) is 5.21. The van der Waals surface area contributed by atoms with Gasteiger partial charge in [0, 0.05) is 16.7 Å². The lowest BCUT2D eigenvalue weighted by atomic mass is 10.2. The minimum Gasteiger partial charge on any atom is -0.486 e. The maximum atomic E-state index is 13.1. The summed E-state index contributed by atoms with van der Waals surface area (Å²) in [5.74, 6) is 1.64. The average molecular weight is 379 g/mol. The Hall–Kier alpha value is -2.66. The maximum absolute atomic E-state index is 13.1. The fourth-order valence-corrected chi connectivity index (χ4v) is 4.19. The second-order valence-corrected chi connectivity index (χ2v) is 7.99. The van der Waals surface area contributed by atoms with E-state index in [0.717, 1.165) is 22.8 Å². The van der Waals surface area contributed by atoms with E-state index in [-0.39, 0.29) is 5.91 Å². The number of hydrogen-bond acceptors (Lipinski definition) is 4. The maximum Gasteiger partial charge on any atom is 0.294 e. The summed E-state index contributed by atoms with van der Waals surface area (Å²) in [6.07, 6.45) is 0.940. The summed E-state index contributed by atoms with van der Waals surface area (Å²) < 4.78 is 11.5. The highest BCUT2D eigenvalue weighted by molar-refractivity contribution is 8.00. The van der Waals surface area contributed by atoms with E-state index in [4.69, 9.17) is 9.15 Å². The van der Waals surface area contributed by atoms with Crippen LogP contribution in [0.2, 0.25) is 0 Å². The van der Waals surface area contributed by atoms with E-state index < -0.39 is 0 Å². The molecule has 4 rings (SSSR count). The number of hydrogen-bond donors (Lipinski definition) is 0. The number of nitrogens with zero attached hydrogens (tertiary/aromatic N) is 1. The number of ether oxygens (including phenoxy) is 1. The zero-order chi connectivity index (χ0) is 18.6. The Balaban J connectivity index is 1.51. The third-order valence-corrected chi connectivity index (χ3v) is 5.72. The minimum absolute atomic E-state index is 0.108. The number of fused-ring (bicyclic) bond motifs is 1. The lowest BCUT2D eigenvalue weighted by Crippen LogP contribution is -2.32. The average Bonchev–Trinajstić information content (AvgIpc) is 3.10. The molecule has 0 spiro atoms. The van der Waals surface area contributed by atoms with Crippen LogP contribution < -0.4 is 9.64 Å². The van der Waals surface area contributed by atoms with Crippen molar-refractivity contribution in [1.82, 2.24) is 0 Å². The van der Waals surface area contributed by atoms with Crippen LogP contribution in [0, 0.1) is 0 Å². The van der Waals surface area contributed by atoms with E-state index in [1.807, 2.05) is 65.2 Å². The number of thioether (sulfide) groups is 1. The molecule has 1 aromatic heterocycles. The van der Waals surface area contributed by atoms with E-state index >= 15 is 0 Å². The Labute approximate surface area is 163 Å². The van der Waals surface area contributed by atoms with Crippen LogP contribution in [0.25, 0.3) is 0 Å². The predicted molar refractivity (Wildman–Crippen MR) is 108 cm³/mol. The third-order valence-electron chi connectivity index (χ3n) is 4.49. The third kappa shape index (κ3) is 4.03. The molecule has 0 aliphatic carbocycles. The van der Waals surface area contributed by atoms with Gasteiger partial charge in [-0.3, -0.25) is 4.79 Å². The summed E-state index contributed by atoms with van der Waals surface area (Å²) >= 11 is 1.82. The van der Waals surface area contributed by atoms with Gasteiger partial charge in [-0.2, -0.15) is 0 Å². The van der Waals surface area contributed by atoms with Crippen LogP contribution in [0.15, 0.2) is 76.0 Å². The first-order chi connectivity index (χ1) is 13.2. The fourth-order valence-electron chi connectivity index (χ4n) is 3.07. The highest BCUT2D eigenvalue weighted by Crippen LogP contribution is 2.37. The number of rotatable bonds is 4. The van der Waals surface area contributed by atoms with Crippen LogP contribution in [-0.4, -0.2) is 17.7 Å². The van der Waals surface area contributed by atoms with Gasteiger partial charge < -0.3 is 14.1 Å². The van der Waals surface area contributed by atoms with Crippen molar-refractivity contribution < 1.29 is 13.9 Å². The van der Waals surface area contributed by atoms with Crippen molar-refractivity contribution in [1.29, 1.82) is 0 Å². The smallest absolute Gasteiger partial charge is 0.294 e. The Bertz CT molecular complexity index is 922. The topological polar surface area (TPSA) is 42.7 Å². The summed E-state index contributed by atoms with van der Waals surface area (Å²) in [4.78, 5) is 16.1. The standard InChI is InChI=1S/C22H21NO3S/c1-16-13-14-23(19-9-5-6-10-21(19)27-16)22(24)20-12-11-18(26-20)15-25-17-7-3-2-4-8-17/h2-12,16H,13-15H2,1H3/t16-/m1/s1. The van der Waals surface area contributed by atoms with Gasteiger partial charge in [0.2, 0.25) is 0 Å². The number of anilines is 1. The van der Waals surface area contributed by atoms with Crippen LogP contribution in [0.3, 0.4) is 0 Å². The van der Waals surface area contributed by atoms with E-state index in [1.165, 1.54) is 0 Å². The minimum atomic E-state index is -0.108. The lowest BCUT2D eigenvalue weighted by molar-refractivity contribution is 0.0955. The second-order valence-electron chi connectivity index (χ2n) is 6.51. The number of carbonyl (C=O) groups is 1. The molecule has 1 atom stereocenters. The van der Waals surface area contributed by atoms with Crippen LogP contribution in [-0.2, 0) is 6.61 Å². The predicted octanol–water partition coefficient (Wildman–Crippen LogP) is 5.39. The number of amides is 1. The summed E-state index contributed by atoms with van der Waals surface area (Å²) in [6, 6.07) is 21.1. The van der Waals surface area contributed by atoms with Gasteiger partial charge in [0.1, 0.15) is 18.1 Å². The highest BCUT2D eigenvalue weighted by atomic mass is 32.2. The molecule has 3 aromatic rings. The normalized spacial score (nSPS) is 16.5. The van der Waals surface area contributed by atoms with Crippen molar-refractivity contribution in [3.05, 3.63) is 78.3 Å². The zero-order valence-electron chi connectivity index (χ0n) is 15.1. The van der Waals surface area contributed by atoms with E-state index in [9.17, 15) is 4.79 Å². The quantitative estimate of drug-likeness (QED) is 0.609. The molecule has 4 nitrogen and oxygen atoms in total.